The van der Waals surface area contributed by atoms with Crippen molar-refractivity contribution in [2.24, 2.45) is 5.92 Å². The lowest BCUT2D eigenvalue weighted by atomic mass is 9.79. The monoisotopic (exact) mass is 242 g/mol. The highest BCUT2D eigenvalue weighted by molar-refractivity contribution is 6.51. The quantitative estimate of drug-likeness (QED) is 0.455. The molecule has 0 amide bonds. The maximum Gasteiger partial charge on any atom is 0.230 e. The number of rotatable bonds is 2. The van der Waals surface area contributed by atoms with Gasteiger partial charge in [0, 0.05) is 11.1 Å². The summed E-state index contributed by atoms with van der Waals surface area (Å²) in [6.07, 6.45) is 2.13. The molecule has 0 heterocycles. The van der Waals surface area contributed by atoms with E-state index < -0.39 is 17.5 Å². The lowest BCUT2D eigenvalue weighted by molar-refractivity contribution is -0.117. The number of benzene rings is 1. The minimum atomic E-state index is -0.845. The van der Waals surface area contributed by atoms with Gasteiger partial charge in [0.2, 0.25) is 11.6 Å². The van der Waals surface area contributed by atoms with Crippen LogP contribution in [0, 0.1) is 5.92 Å². The van der Waals surface area contributed by atoms with Crippen LogP contribution in [0.5, 0.6) is 0 Å². The van der Waals surface area contributed by atoms with Crippen LogP contribution in [0.1, 0.15) is 41.0 Å². The van der Waals surface area contributed by atoms with E-state index in [0.717, 1.165) is 5.57 Å². The Morgan fingerprint density at radius 2 is 1.67 bits per heavy atom. The average molecular weight is 242 g/mol. The summed E-state index contributed by atoms with van der Waals surface area (Å²) in [7, 11) is 0. The molecule has 0 fully saturated rings. The van der Waals surface area contributed by atoms with Gasteiger partial charge in [-0.25, -0.2) is 0 Å². The Bertz CT molecular complexity index is 563. The van der Waals surface area contributed by atoms with Crippen molar-refractivity contribution >= 4 is 17.3 Å². The van der Waals surface area contributed by atoms with E-state index in [4.69, 9.17) is 0 Å². The van der Waals surface area contributed by atoms with Crippen molar-refractivity contribution in [3.63, 3.8) is 0 Å². The summed E-state index contributed by atoms with van der Waals surface area (Å²) < 4.78 is 0. The molecule has 3 nitrogen and oxygen atoms in total. The van der Waals surface area contributed by atoms with Crippen LogP contribution in [0.15, 0.2) is 35.9 Å². The number of Topliss-reactive ketones (excluding diaryl/α,β-unsaturated/α-hetero) is 3. The van der Waals surface area contributed by atoms with Crippen molar-refractivity contribution < 1.29 is 14.4 Å². The molecular weight excluding hydrogens is 228 g/mol. The van der Waals surface area contributed by atoms with E-state index in [0.29, 0.717) is 12.0 Å². The third-order valence-electron chi connectivity index (χ3n) is 3.06. The fourth-order valence-corrected chi connectivity index (χ4v) is 2.06. The van der Waals surface area contributed by atoms with Crippen LogP contribution < -0.4 is 0 Å². The summed E-state index contributed by atoms with van der Waals surface area (Å²) in [5.41, 5.74) is 1.64. The van der Waals surface area contributed by atoms with E-state index in [1.54, 1.807) is 18.2 Å². The van der Waals surface area contributed by atoms with Crippen molar-refractivity contribution in [2.75, 3.05) is 0 Å². The first kappa shape index (κ1) is 12.4. The summed E-state index contributed by atoms with van der Waals surface area (Å²) in [6.45, 7) is 3.79. The molecule has 0 aromatic heterocycles. The smallest absolute Gasteiger partial charge is 0.230 e. The second-order valence-corrected chi connectivity index (χ2v) is 4.67. The van der Waals surface area contributed by atoms with E-state index in [-0.39, 0.29) is 11.3 Å². The number of hydrogen-bond donors (Lipinski definition) is 0. The standard InChI is InChI=1S/C15H14O3/c1-9(2)7-8-12-13(16)10-5-3-4-6-11(10)14(17)15(12)18/h3-7,12H,8H2,1-2H3. The first-order valence-electron chi connectivity index (χ1n) is 5.87. The second kappa shape index (κ2) is 4.69. The third kappa shape index (κ3) is 2.04. The van der Waals surface area contributed by atoms with Gasteiger partial charge < -0.3 is 0 Å². The molecular formula is C15H14O3. The Balaban J connectivity index is 2.43. The van der Waals surface area contributed by atoms with E-state index in [1.807, 2.05) is 19.9 Å². The molecule has 1 aromatic carbocycles. The third-order valence-corrected chi connectivity index (χ3v) is 3.06. The van der Waals surface area contributed by atoms with E-state index in [1.165, 1.54) is 6.07 Å². The number of hydrogen-bond acceptors (Lipinski definition) is 3. The Morgan fingerprint density at radius 1 is 1.06 bits per heavy atom. The van der Waals surface area contributed by atoms with Gasteiger partial charge in [0.05, 0.1) is 5.92 Å². The highest BCUT2D eigenvalue weighted by Crippen LogP contribution is 2.25. The molecule has 0 N–H and O–H groups in total. The molecule has 0 spiro atoms. The van der Waals surface area contributed by atoms with Crippen LogP contribution in [-0.2, 0) is 4.79 Å². The van der Waals surface area contributed by atoms with Gasteiger partial charge in [0.1, 0.15) is 0 Å². The van der Waals surface area contributed by atoms with Gasteiger partial charge in [-0.1, -0.05) is 35.9 Å². The fourth-order valence-electron chi connectivity index (χ4n) is 2.06. The Labute approximate surface area is 106 Å². The van der Waals surface area contributed by atoms with Gasteiger partial charge in [0.15, 0.2) is 5.78 Å². The predicted octanol–water partition coefficient (Wildman–Crippen LogP) is 2.61. The molecule has 0 saturated heterocycles. The normalized spacial score (nSPS) is 18.6. The number of fused-ring (bicyclic) bond motifs is 1. The summed E-state index contributed by atoms with van der Waals surface area (Å²) in [5.74, 6) is -2.22. The minimum absolute atomic E-state index is 0.237. The van der Waals surface area contributed by atoms with E-state index in [2.05, 4.69) is 0 Å². The number of ketones is 3. The van der Waals surface area contributed by atoms with Gasteiger partial charge in [-0.05, 0) is 20.3 Å². The van der Waals surface area contributed by atoms with Crippen LogP contribution in [0.4, 0.5) is 0 Å². The second-order valence-electron chi connectivity index (χ2n) is 4.67. The molecule has 1 unspecified atom stereocenters. The van der Waals surface area contributed by atoms with Crippen molar-refractivity contribution in [2.45, 2.75) is 20.3 Å². The van der Waals surface area contributed by atoms with Gasteiger partial charge in [0.25, 0.3) is 0 Å². The SMILES string of the molecule is CC(C)=CCC1C(=O)C(=O)c2ccccc2C1=O. The largest absolute Gasteiger partial charge is 0.293 e. The zero-order valence-corrected chi connectivity index (χ0v) is 10.4. The Kier molecular flexibility index (Phi) is 3.24. The molecule has 1 aromatic rings. The predicted molar refractivity (Wildman–Crippen MR) is 67.6 cm³/mol. The number of carbonyl (C=O) groups is 3. The number of allylic oxidation sites excluding steroid dienone is 2. The zero-order chi connectivity index (χ0) is 13.3. The first-order valence-corrected chi connectivity index (χ1v) is 5.87. The van der Waals surface area contributed by atoms with E-state index in [9.17, 15) is 14.4 Å². The summed E-state index contributed by atoms with van der Waals surface area (Å²) in [6, 6.07) is 6.51. The fraction of sp³-hybridized carbons (Fsp3) is 0.267. The minimum Gasteiger partial charge on any atom is -0.293 e. The van der Waals surface area contributed by atoms with Crippen molar-refractivity contribution in [3.8, 4) is 0 Å². The Morgan fingerprint density at radius 3 is 2.28 bits per heavy atom. The van der Waals surface area contributed by atoms with Crippen LogP contribution >= 0.6 is 0 Å². The number of carbonyl (C=O) groups excluding carboxylic acids is 3. The molecule has 1 aliphatic rings. The maximum absolute atomic E-state index is 12.2. The van der Waals surface area contributed by atoms with Crippen LogP contribution in [0.25, 0.3) is 0 Å². The van der Waals surface area contributed by atoms with Crippen LogP contribution in [-0.4, -0.2) is 17.3 Å². The van der Waals surface area contributed by atoms with Gasteiger partial charge >= 0.3 is 0 Å². The first-order chi connectivity index (χ1) is 8.52. The molecule has 0 aliphatic heterocycles. The summed E-state index contributed by atoms with van der Waals surface area (Å²) >= 11 is 0. The molecule has 0 bridgehead atoms. The lowest BCUT2D eigenvalue weighted by Crippen LogP contribution is -2.36. The molecule has 0 radical (unpaired) electrons. The highest BCUT2D eigenvalue weighted by Gasteiger charge is 2.39. The van der Waals surface area contributed by atoms with Gasteiger partial charge in [-0.15, -0.1) is 0 Å². The van der Waals surface area contributed by atoms with Crippen molar-refractivity contribution in [1.29, 1.82) is 0 Å². The summed E-state index contributed by atoms with van der Waals surface area (Å²) in [4.78, 5) is 36.0. The van der Waals surface area contributed by atoms with E-state index >= 15 is 0 Å². The van der Waals surface area contributed by atoms with Gasteiger partial charge in [-0.3, -0.25) is 14.4 Å². The molecule has 18 heavy (non-hydrogen) atoms. The van der Waals surface area contributed by atoms with Crippen LogP contribution in [0.3, 0.4) is 0 Å². The topological polar surface area (TPSA) is 51.2 Å². The zero-order valence-electron chi connectivity index (χ0n) is 10.4. The van der Waals surface area contributed by atoms with Crippen LogP contribution in [0.2, 0.25) is 0 Å². The van der Waals surface area contributed by atoms with Gasteiger partial charge in [-0.2, -0.15) is 0 Å². The van der Waals surface area contributed by atoms with Crippen molar-refractivity contribution in [1.82, 2.24) is 0 Å². The molecule has 0 saturated carbocycles. The molecule has 1 atom stereocenters. The summed E-state index contributed by atoms with van der Waals surface area (Å²) in [5, 5.41) is 0. The lowest BCUT2D eigenvalue weighted by Gasteiger charge is -2.20. The molecule has 92 valence electrons. The molecule has 3 heteroatoms. The van der Waals surface area contributed by atoms with Crippen molar-refractivity contribution in [3.05, 3.63) is 47.0 Å². The Hall–Kier alpha value is -2.03. The maximum atomic E-state index is 12.2. The highest BCUT2D eigenvalue weighted by atomic mass is 16.2. The molecule has 1 aliphatic carbocycles. The molecule has 2 rings (SSSR count). The average Bonchev–Trinajstić information content (AvgIpc) is 2.36.